The van der Waals surface area contributed by atoms with Gasteiger partial charge in [-0.05, 0) is 35.4 Å². The molecule has 0 bridgehead atoms. The fourth-order valence-corrected chi connectivity index (χ4v) is 3.79. The highest BCUT2D eigenvalue weighted by Crippen LogP contribution is 2.26. The third-order valence-electron chi connectivity index (χ3n) is 5.19. The van der Waals surface area contributed by atoms with Crippen LogP contribution in [0.1, 0.15) is 23.0 Å². The highest BCUT2D eigenvalue weighted by molar-refractivity contribution is 6.30. The predicted octanol–water partition coefficient (Wildman–Crippen LogP) is 3.80. The SMILES string of the molecule is Cn1ccnc1COc1ccc(CN2CCNCC2c2cccc(Cl)c2)cc1. The lowest BCUT2D eigenvalue weighted by molar-refractivity contribution is 0.153. The van der Waals surface area contributed by atoms with Gasteiger partial charge in [-0.3, -0.25) is 4.90 Å². The Morgan fingerprint density at radius 2 is 2.07 bits per heavy atom. The molecule has 146 valence electrons. The van der Waals surface area contributed by atoms with Crippen LogP contribution in [0.25, 0.3) is 0 Å². The third-order valence-corrected chi connectivity index (χ3v) is 5.42. The number of hydrogen-bond acceptors (Lipinski definition) is 4. The van der Waals surface area contributed by atoms with Crippen molar-refractivity contribution in [2.45, 2.75) is 19.2 Å². The minimum Gasteiger partial charge on any atom is -0.486 e. The number of halogens is 1. The van der Waals surface area contributed by atoms with E-state index in [0.29, 0.717) is 12.6 Å². The number of hydrogen-bond donors (Lipinski definition) is 1. The van der Waals surface area contributed by atoms with Gasteiger partial charge in [0, 0.05) is 56.7 Å². The maximum absolute atomic E-state index is 6.21. The van der Waals surface area contributed by atoms with E-state index in [9.17, 15) is 0 Å². The maximum Gasteiger partial charge on any atom is 0.146 e. The minimum absolute atomic E-state index is 0.326. The molecule has 0 spiro atoms. The van der Waals surface area contributed by atoms with Gasteiger partial charge in [-0.2, -0.15) is 0 Å². The number of benzene rings is 2. The van der Waals surface area contributed by atoms with E-state index in [1.54, 1.807) is 6.20 Å². The molecule has 6 heteroatoms. The summed E-state index contributed by atoms with van der Waals surface area (Å²) in [7, 11) is 1.97. The van der Waals surface area contributed by atoms with Gasteiger partial charge in [0.25, 0.3) is 0 Å². The molecule has 4 rings (SSSR count). The van der Waals surface area contributed by atoms with Crippen molar-refractivity contribution in [3.05, 3.63) is 82.9 Å². The predicted molar refractivity (Wildman–Crippen MR) is 111 cm³/mol. The number of aromatic nitrogens is 2. The first-order chi connectivity index (χ1) is 13.7. The normalized spacial score (nSPS) is 17.6. The van der Waals surface area contributed by atoms with Gasteiger partial charge < -0.3 is 14.6 Å². The second-order valence-corrected chi connectivity index (χ2v) is 7.57. The standard InChI is InChI=1S/C22H25ClN4O/c1-26-11-10-25-22(26)16-28-20-7-5-17(6-8-20)15-27-12-9-24-14-21(27)18-3-2-4-19(23)13-18/h2-8,10-11,13,21,24H,9,12,14-16H2,1H3. The van der Waals surface area contributed by atoms with E-state index in [4.69, 9.17) is 16.3 Å². The van der Waals surface area contributed by atoms with Crippen molar-refractivity contribution in [3.63, 3.8) is 0 Å². The number of imidazole rings is 1. The number of ether oxygens (including phenoxy) is 1. The van der Waals surface area contributed by atoms with E-state index in [1.807, 2.05) is 42.1 Å². The molecule has 3 aromatic rings. The molecule has 1 aromatic heterocycles. The van der Waals surface area contributed by atoms with Gasteiger partial charge in [0.2, 0.25) is 0 Å². The number of aryl methyl sites for hydroxylation is 1. The van der Waals surface area contributed by atoms with Crippen molar-refractivity contribution in [2.75, 3.05) is 19.6 Å². The monoisotopic (exact) mass is 396 g/mol. The highest BCUT2D eigenvalue weighted by Gasteiger charge is 2.23. The van der Waals surface area contributed by atoms with Crippen LogP contribution in [-0.2, 0) is 20.2 Å². The number of piperazine rings is 1. The zero-order valence-corrected chi connectivity index (χ0v) is 16.8. The largest absolute Gasteiger partial charge is 0.486 e. The van der Waals surface area contributed by atoms with E-state index < -0.39 is 0 Å². The van der Waals surface area contributed by atoms with Crippen molar-refractivity contribution in [2.24, 2.45) is 7.05 Å². The maximum atomic E-state index is 6.21. The molecule has 0 aliphatic carbocycles. The fourth-order valence-electron chi connectivity index (χ4n) is 3.59. The lowest BCUT2D eigenvalue weighted by Crippen LogP contribution is -2.45. The summed E-state index contributed by atoms with van der Waals surface area (Å²) < 4.78 is 7.83. The highest BCUT2D eigenvalue weighted by atomic mass is 35.5. The molecule has 1 atom stereocenters. The molecule has 0 saturated carbocycles. The number of nitrogens with zero attached hydrogens (tertiary/aromatic N) is 3. The summed E-state index contributed by atoms with van der Waals surface area (Å²) in [4.78, 5) is 6.79. The van der Waals surface area contributed by atoms with Gasteiger partial charge in [0.15, 0.2) is 0 Å². The molecule has 1 saturated heterocycles. The summed E-state index contributed by atoms with van der Waals surface area (Å²) in [5.74, 6) is 1.77. The first kappa shape index (κ1) is 19.0. The molecule has 5 nitrogen and oxygen atoms in total. The molecule has 1 fully saturated rings. The first-order valence-electron chi connectivity index (χ1n) is 9.57. The van der Waals surface area contributed by atoms with Crippen LogP contribution in [0, 0.1) is 0 Å². The van der Waals surface area contributed by atoms with E-state index in [2.05, 4.69) is 39.5 Å². The van der Waals surface area contributed by atoms with Gasteiger partial charge in [0.05, 0.1) is 0 Å². The smallest absolute Gasteiger partial charge is 0.146 e. The molecule has 0 amide bonds. The Labute approximate surface area is 170 Å². The van der Waals surface area contributed by atoms with Gasteiger partial charge in [0.1, 0.15) is 18.2 Å². The Bertz CT molecular complexity index is 909. The summed E-state index contributed by atoms with van der Waals surface area (Å²) in [5.41, 5.74) is 2.54. The Kier molecular flexibility index (Phi) is 5.95. The van der Waals surface area contributed by atoms with Crippen molar-refractivity contribution in [1.29, 1.82) is 0 Å². The van der Waals surface area contributed by atoms with Crippen LogP contribution >= 0.6 is 11.6 Å². The molecule has 1 unspecified atom stereocenters. The Balaban J connectivity index is 1.40. The first-order valence-corrected chi connectivity index (χ1v) is 9.95. The van der Waals surface area contributed by atoms with Crippen molar-refractivity contribution in [3.8, 4) is 5.75 Å². The number of rotatable bonds is 6. The number of nitrogens with one attached hydrogen (secondary N) is 1. The average molecular weight is 397 g/mol. The topological polar surface area (TPSA) is 42.3 Å². The Morgan fingerprint density at radius 1 is 1.21 bits per heavy atom. The molecular weight excluding hydrogens is 372 g/mol. The van der Waals surface area contributed by atoms with Gasteiger partial charge in [-0.1, -0.05) is 35.9 Å². The molecule has 0 radical (unpaired) electrons. The van der Waals surface area contributed by atoms with Crippen molar-refractivity contribution >= 4 is 11.6 Å². The average Bonchev–Trinajstić information content (AvgIpc) is 3.13. The minimum atomic E-state index is 0.326. The fraction of sp³-hybridized carbons (Fsp3) is 0.318. The van der Waals surface area contributed by atoms with Crippen LogP contribution in [0.5, 0.6) is 5.75 Å². The summed E-state index contributed by atoms with van der Waals surface area (Å²) in [6.07, 6.45) is 3.71. The molecule has 1 aliphatic rings. The van der Waals surface area contributed by atoms with Gasteiger partial charge in [-0.15, -0.1) is 0 Å². The Hall–Kier alpha value is -2.34. The summed E-state index contributed by atoms with van der Waals surface area (Å²) in [5, 5.41) is 4.29. The summed E-state index contributed by atoms with van der Waals surface area (Å²) in [6.45, 7) is 4.32. The summed E-state index contributed by atoms with van der Waals surface area (Å²) in [6, 6.07) is 16.9. The van der Waals surface area contributed by atoms with Crippen LogP contribution < -0.4 is 10.1 Å². The molecular formula is C22H25ClN4O. The Morgan fingerprint density at radius 3 is 2.82 bits per heavy atom. The summed E-state index contributed by atoms with van der Waals surface area (Å²) >= 11 is 6.21. The van der Waals surface area contributed by atoms with Gasteiger partial charge in [-0.25, -0.2) is 4.98 Å². The van der Waals surface area contributed by atoms with E-state index in [1.165, 1.54) is 11.1 Å². The van der Waals surface area contributed by atoms with Crippen molar-refractivity contribution in [1.82, 2.24) is 19.8 Å². The molecule has 28 heavy (non-hydrogen) atoms. The second kappa shape index (κ2) is 8.78. The van der Waals surface area contributed by atoms with E-state index in [0.717, 1.165) is 42.8 Å². The van der Waals surface area contributed by atoms with Crippen LogP contribution in [0.3, 0.4) is 0 Å². The molecule has 2 heterocycles. The molecule has 1 N–H and O–H groups in total. The lowest BCUT2D eigenvalue weighted by Gasteiger charge is -2.36. The van der Waals surface area contributed by atoms with Crippen LogP contribution in [0.4, 0.5) is 0 Å². The van der Waals surface area contributed by atoms with Crippen LogP contribution in [0.15, 0.2) is 60.9 Å². The van der Waals surface area contributed by atoms with Crippen LogP contribution in [-0.4, -0.2) is 34.1 Å². The zero-order chi connectivity index (χ0) is 19.3. The van der Waals surface area contributed by atoms with Crippen LogP contribution in [0.2, 0.25) is 5.02 Å². The van der Waals surface area contributed by atoms with Crippen molar-refractivity contribution < 1.29 is 4.74 Å². The van der Waals surface area contributed by atoms with E-state index >= 15 is 0 Å². The zero-order valence-electron chi connectivity index (χ0n) is 16.0. The molecule has 1 aliphatic heterocycles. The van der Waals surface area contributed by atoms with E-state index in [-0.39, 0.29) is 0 Å². The quantitative estimate of drug-likeness (QED) is 0.688. The second-order valence-electron chi connectivity index (χ2n) is 7.13. The third kappa shape index (κ3) is 4.55. The molecule has 2 aromatic carbocycles. The van der Waals surface area contributed by atoms with Gasteiger partial charge >= 0.3 is 0 Å². The lowest BCUT2D eigenvalue weighted by atomic mass is 10.0.